The molecule has 22 heavy (non-hydrogen) atoms. The van der Waals surface area contributed by atoms with Crippen LogP contribution in [0.15, 0.2) is 40.5 Å². The fourth-order valence-corrected chi connectivity index (χ4v) is 3.15. The second-order valence-corrected chi connectivity index (χ2v) is 6.46. The first-order chi connectivity index (χ1) is 10.7. The van der Waals surface area contributed by atoms with Crippen LogP contribution in [0.3, 0.4) is 0 Å². The van der Waals surface area contributed by atoms with Crippen molar-refractivity contribution in [2.24, 2.45) is 0 Å². The predicted molar refractivity (Wildman–Crippen MR) is 90.2 cm³/mol. The van der Waals surface area contributed by atoms with Gasteiger partial charge in [0.25, 0.3) is 0 Å². The van der Waals surface area contributed by atoms with Crippen molar-refractivity contribution < 1.29 is 4.79 Å². The molecule has 3 rings (SSSR count). The molecule has 0 spiro atoms. The topological polar surface area (TPSA) is 59.8 Å². The van der Waals surface area contributed by atoms with E-state index in [4.69, 9.17) is 0 Å². The highest BCUT2D eigenvalue weighted by molar-refractivity contribution is 7.09. The lowest BCUT2D eigenvalue weighted by Crippen LogP contribution is -2.13. The fourth-order valence-electron chi connectivity index (χ4n) is 1.91. The third-order valence-electron chi connectivity index (χ3n) is 2.92. The molecule has 3 aromatic rings. The summed E-state index contributed by atoms with van der Waals surface area (Å²) in [4.78, 5) is 16.3. The molecule has 0 bridgehead atoms. The fraction of sp³-hybridized carbons (Fsp3) is 0.133. The minimum absolute atomic E-state index is 0.197. The van der Waals surface area contributed by atoms with Crippen LogP contribution >= 0.6 is 22.7 Å². The zero-order valence-corrected chi connectivity index (χ0v) is 13.5. The van der Waals surface area contributed by atoms with Crippen LogP contribution < -0.4 is 5.32 Å². The molecule has 7 heteroatoms. The number of thiophene rings is 1. The lowest BCUT2D eigenvalue weighted by molar-refractivity contribution is -0.111. The van der Waals surface area contributed by atoms with Gasteiger partial charge in [0.1, 0.15) is 5.82 Å². The molecule has 1 amide bonds. The van der Waals surface area contributed by atoms with Gasteiger partial charge in [0.15, 0.2) is 0 Å². The van der Waals surface area contributed by atoms with E-state index in [0.29, 0.717) is 12.4 Å². The maximum atomic E-state index is 12.0. The quantitative estimate of drug-likeness (QED) is 0.729. The van der Waals surface area contributed by atoms with E-state index in [1.165, 1.54) is 6.08 Å². The minimum Gasteiger partial charge on any atom is -0.307 e. The van der Waals surface area contributed by atoms with Gasteiger partial charge in [-0.15, -0.1) is 11.3 Å². The Morgan fingerprint density at radius 2 is 2.32 bits per heavy atom. The van der Waals surface area contributed by atoms with Gasteiger partial charge in [-0.1, -0.05) is 0 Å². The molecule has 0 radical (unpaired) electrons. The van der Waals surface area contributed by atoms with E-state index in [2.05, 4.69) is 20.8 Å². The van der Waals surface area contributed by atoms with E-state index < -0.39 is 0 Å². The van der Waals surface area contributed by atoms with E-state index in [9.17, 15) is 4.79 Å². The lowest BCUT2D eigenvalue weighted by atomic mass is 10.3. The van der Waals surface area contributed by atoms with Gasteiger partial charge in [0, 0.05) is 17.5 Å². The van der Waals surface area contributed by atoms with Crippen molar-refractivity contribution >= 4 is 40.5 Å². The Labute approximate surface area is 135 Å². The van der Waals surface area contributed by atoms with Crippen LogP contribution in [0.2, 0.25) is 0 Å². The van der Waals surface area contributed by atoms with E-state index >= 15 is 0 Å². The van der Waals surface area contributed by atoms with E-state index in [-0.39, 0.29) is 5.91 Å². The number of aromatic nitrogens is 3. The normalized spacial score (nSPS) is 11.1. The summed E-state index contributed by atoms with van der Waals surface area (Å²) in [6.07, 6.45) is 4.87. The Hall–Kier alpha value is -2.25. The maximum Gasteiger partial charge on any atom is 0.249 e. The molecule has 0 aliphatic carbocycles. The number of thiazole rings is 1. The molecule has 0 aliphatic rings. The number of rotatable bonds is 5. The molecular weight excluding hydrogens is 316 g/mol. The van der Waals surface area contributed by atoms with Gasteiger partial charge in [-0.2, -0.15) is 16.4 Å². The average Bonchev–Trinajstić information content (AvgIpc) is 3.22. The summed E-state index contributed by atoms with van der Waals surface area (Å²) in [6.45, 7) is 2.58. The number of aryl methyl sites for hydroxylation is 1. The molecule has 0 unspecified atom stereocenters. The third-order valence-corrected chi connectivity index (χ3v) is 4.45. The molecule has 0 aliphatic heterocycles. The molecule has 1 N–H and O–H groups in total. The highest BCUT2D eigenvalue weighted by Gasteiger charge is 2.06. The zero-order valence-electron chi connectivity index (χ0n) is 11.9. The summed E-state index contributed by atoms with van der Waals surface area (Å²) >= 11 is 3.20. The molecule has 0 atom stereocenters. The molecule has 0 fully saturated rings. The number of nitrogens with zero attached hydrogens (tertiary/aromatic N) is 3. The number of carbonyl (C=O) groups excluding carboxylic acids is 1. The summed E-state index contributed by atoms with van der Waals surface area (Å²) in [5.41, 5.74) is 1.96. The number of carbonyl (C=O) groups is 1. The highest BCUT2D eigenvalue weighted by Crippen LogP contribution is 2.13. The summed E-state index contributed by atoms with van der Waals surface area (Å²) in [5.74, 6) is 0.480. The van der Waals surface area contributed by atoms with Gasteiger partial charge in [-0.05, 0) is 35.4 Å². The molecule has 3 aromatic heterocycles. The SMILES string of the molecule is Cc1nc(/C=C/C(=O)Nc2ccnn2Cc2ccsc2)cs1. The second-order valence-electron chi connectivity index (χ2n) is 4.62. The summed E-state index contributed by atoms with van der Waals surface area (Å²) in [6, 6.07) is 3.83. The molecule has 112 valence electrons. The van der Waals surface area contributed by atoms with E-state index in [1.54, 1.807) is 45.7 Å². The first-order valence-electron chi connectivity index (χ1n) is 6.65. The van der Waals surface area contributed by atoms with Gasteiger partial charge in [0.2, 0.25) is 5.91 Å². The minimum atomic E-state index is -0.197. The van der Waals surface area contributed by atoms with Crippen LogP contribution in [0.4, 0.5) is 5.82 Å². The van der Waals surface area contributed by atoms with E-state index in [0.717, 1.165) is 16.3 Å². The smallest absolute Gasteiger partial charge is 0.249 e. The van der Waals surface area contributed by atoms with Gasteiger partial charge in [-0.25, -0.2) is 9.67 Å². The van der Waals surface area contributed by atoms with Crippen molar-refractivity contribution in [1.82, 2.24) is 14.8 Å². The lowest BCUT2D eigenvalue weighted by Gasteiger charge is -2.06. The van der Waals surface area contributed by atoms with Gasteiger partial charge in [-0.3, -0.25) is 4.79 Å². The van der Waals surface area contributed by atoms with Crippen LogP contribution in [0, 0.1) is 6.92 Å². The van der Waals surface area contributed by atoms with Crippen LogP contribution in [-0.2, 0) is 11.3 Å². The van der Waals surface area contributed by atoms with Crippen molar-refractivity contribution in [1.29, 1.82) is 0 Å². The average molecular weight is 330 g/mol. The van der Waals surface area contributed by atoms with Crippen molar-refractivity contribution in [2.75, 3.05) is 5.32 Å². The molecule has 5 nitrogen and oxygen atoms in total. The Bertz CT molecular complexity index is 786. The van der Waals surface area contributed by atoms with Gasteiger partial charge in [0.05, 0.1) is 23.4 Å². The Kier molecular flexibility index (Phi) is 4.45. The highest BCUT2D eigenvalue weighted by atomic mass is 32.1. The van der Waals surface area contributed by atoms with Crippen LogP contribution in [0.1, 0.15) is 16.3 Å². The van der Waals surface area contributed by atoms with Crippen molar-refractivity contribution in [3.05, 3.63) is 56.8 Å². The predicted octanol–water partition coefficient (Wildman–Crippen LogP) is 3.41. The first kappa shape index (κ1) is 14.7. The molecular formula is C15H14N4OS2. The first-order valence-corrected chi connectivity index (χ1v) is 8.47. The number of hydrogen-bond acceptors (Lipinski definition) is 5. The second kappa shape index (κ2) is 6.67. The standard InChI is InChI=1S/C15H14N4OS2/c1-11-17-13(10-22-11)2-3-15(20)18-14-4-6-16-19(14)8-12-5-7-21-9-12/h2-7,9-10H,8H2,1H3,(H,18,20)/b3-2+. The number of nitrogens with one attached hydrogen (secondary N) is 1. The van der Waals surface area contributed by atoms with Crippen LogP contribution in [0.5, 0.6) is 0 Å². The van der Waals surface area contributed by atoms with Crippen LogP contribution in [-0.4, -0.2) is 20.7 Å². The Morgan fingerprint density at radius 3 is 3.05 bits per heavy atom. The molecule has 3 heterocycles. The Morgan fingerprint density at radius 1 is 1.41 bits per heavy atom. The Balaban J connectivity index is 1.64. The van der Waals surface area contributed by atoms with Crippen molar-refractivity contribution in [2.45, 2.75) is 13.5 Å². The van der Waals surface area contributed by atoms with Crippen molar-refractivity contribution in [3.8, 4) is 0 Å². The van der Waals surface area contributed by atoms with Crippen molar-refractivity contribution in [3.63, 3.8) is 0 Å². The summed E-state index contributed by atoms with van der Waals surface area (Å²) in [5, 5.41) is 14.1. The third kappa shape index (κ3) is 3.69. The monoisotopic (exact) mass is 330 g/mol. The zero-order chi connectivity index (χ0) is 15.4. The molecule has 0 aromatic carbocycles. The van der Waals surface area contributed by atoms with Gasteiger partial charge >= 0.3 is 0 Å². The summed E-state index contributed by atoms with van der Waals surface area (Å²) in [7, 11) is 0. The maximum absolute atomic E-state index is 12.0. The van der Waals surface area contributed by atoms with Gasteiger partial charge < -0.3 is 5.32 Å². The largest absolute Gasteiger partial charge is 0.307 e. The summed E-state index contributed by atoms with van der Waals surface area (Å²) < 4.78 is 1.76. The molecule has 0 saturated heterocycles. The van der Waals surface area contributed by atoms with Crippen LogP contribution in [0.25, 0.3) is 6.08 Å². The molecule has 0 saturated carbocycles. The van der Waals surface area contributed by atoms with E-state index in [1.807, 2.05) is 23.8 Å². The number of amides is 1. The number of anilines is 1. The number of hydrogen-bond donors (Lipinski definition) is 1.